The van der Waals surface area contributed by atoms with Crippen molar-refractivity contribution in [3.63, 3.8) is 0 Å². The number of hydrogen-bond acceptors (Lipinski definition) is 5. The number of aliphatic carboxylic acids is 1. The van der Waals surface area contributed by atoms with Crippen molar-refractivity contribution in [3.8, 4) is 0 Å². The smallest absolute Gasteiger partial charge is 0.311 e. The maximum Gasteiger partial charge on any atom is 0.311 e. The summed E-state index contributed by atoms with van der Waals surface area (Å²) >= 11 is 3.66. The zero-order chi connectivity index (χ0) is 10.4. The SMILES string of the molecule is CC(=O)NC[C@H](C(=O)O)C(S)N=O. The van der Waals surface area contributed by atoms with Crippen LogP contribution in [0.15, 0.2) is 5.18 Å². The van der Waals surface area contributed by atoms with Crippen LogP contribution in [-0.2, 0) is 9.59 Å². The summed E-state index contributed by atoms with van der Waals surface area (Å²) in [5.74, 6) is -2.67. The molecule has 0 aromatic carbocycles. The average molecular weight is 206 g/mol. The molecule has 0 radical (unpaired) electrons. The Labute approximate surface area is 80.1 Å². The molecule has 0 spiro atoms. The summed E-state index contributed by atoms with van der Waals surface area (Å²) < 4.78 is 0. The molecule has 1 unspecified atom stereocenters. The average Bonchev–Trinajstić information content (AvgIpc) is 2.03. The molecule has 0 aromatic rings. The lowest BCUT2D eigenvalue weighted by atomic mass is 10.1. The van der Waals surface area contributed by atoms with Gasteiger partial charge in [0.15, 0.2) is 0 Å². The monoisotopic (exact) mass is 206 g/mol. The number of carbonyl (C=O) groups excluding carboxylic acids is 1. The molecule has 0 aromatic heterocycles. The highest BCUT2D eigenvalue weighted by atomic mass is 32.1. The summed E-state index contributed by atoms with van der Waals surface area (Å²) in [6.45, 7) is 1.10. The van der Waals surface area contributed by atoms with E-state index >= 15 is 0 Å². The fourth-order valence-corrected chi connectivity index (χ4v) is 0.880. The van der Waals surface area contributed by atoms with Crippen molar-refractivity contribution in [3.05, 3.63) is 4.91 Å². The van der Waals surface area contributed by atoms with Gasteiger partial charge in [-0.05, 0) is 0 Å². The van der Waals surface area contributed by atoms with Crippen LogP contribution in [0, 0.1) is 10.8 Å². The second-order valence-corrected chi connectivity index (χ2v) is 2.93. The molecule has 0 bridgehead atoms. The van der Waals surface area contributed by atoms with E-state index in [9.17, 15) is 14.5 Å². The van der Waals surface area contributed by atoms with E-state index in [1.807, 2.05) is 0 Å². The molecule has 7 heteroatoms. The first-order chi connectivity index (χ1) is 5.99. The first-order valence-electron chi connectivity index (χ1n) is 3.46. The second kappa shape index (κ2) is 5.52. The molecule has 2 atom stereocenters. The van der Waals surface area contributed by atoms with Gasteiger partial charge < -0.3 is 10.4 Å². The third-order valence-electron chi connectivity index (χ3n) is 1.36. The van der Waals surface area contributed by atoms with E-state index < -0.39 is 17.3 Å². The van der Waals surface area contributed by atoms with E-state index in [2.05, 4.69) is 23.1 Å². The molecule has 6 nitrogen and oxygen atoms in total. The molecule has 0 aliphatic rings. The van der Waals surface area contributed by atoms with Crippen molar-refractivity contribution in [2.75, 3.05) is 6.54 Å². The molecule has 0 saturated carbocycles. The van der Waals surface area contributed by atoms with E-state index in [4.69, 9.17) is 5.11 Å². The molecule has 0 aliphatic heterocycles. The van der Waals surface area contributed by atoms with Gasteiger partial charge in [-0.25, -0.2) is 0 Å². The van der Waals surface area contributed by atoms with Gasteiger partial charge in [-0.15, -0.1) is 17.5 Å². The lowest BCUT2D eigenvalue weighted by Crippen LogP contribution is -2.35. The summed E-state index contributed by atoms with van der Waals surface area (Å²) in [6.07, 6.45) is 0. The van der Waals surface area contributed by atoms with E-state index in [0.717, 1.165) is 0 Å². The standard InChI is InChI=1S/C6H10N2O4S/c1-3(9)7-2-4(6(10)11)5(13)8-12/h4-5,13H,2H2,1H3,(H,7,9)(H,10,11)/t4-,5?/m0/s1. The Balaban J connectivity index is 4.18. The quantitative estimate of drug-likeness (QED) is 0.430. The molecule has 74 valence electrons. The van der Waals surface area contributed by atoms with Gasteiger partial charge in [0.25, 0.3) is 0 Å². The third kappa shape index (κ3) is 4.46. The number of nitrogens with zero attached hydrogens (tertiary/aromatic N) is 1. The number of carbonyl (C=O) groups is 2. The minimum absolute atomic E-state index is 0.148. The maximum atomic E-state index is 10.5. The first-order valence-corrected chi connectivity index (χ1v) is 3.98. The lowest BCUT2D eigenvalue weighted by molar-refractivity contribution is -0.141. The van der Waals surface area contributed by atoms with E-state index in [1.165, 1.54) is 6.92 Å². The molecule has 0 fully saturated rings. The van der Waals surface area contributed by atoms with Gasteiger partial charge in [-0.1, -0.05) is 5.18 Å². The summed E-state index contributed by atoms with van der Waals surface area (Å²) in [5.41, 5.74) is 0. The zero-order valence-electron chi connectivity index (χ0n) is 6.93. The fraction of sp³-hybridized carbons (Fsp3) is 0.667. The summed E-state index contributed by atoms with van der Waals surface area (Å²) in [6, 6.07) is 0. The fourth-order valence-electron chi connectivity index (χ4n) is 0.647. The Morgan fingerprint density at radius 1 is 1.62 bits per heavy atom. The molecule has 0 saturated heterocycles. The highest BCUT2D eigenvalue weighted by Crippen LogP contribution is 2.10. The number of amides is 1. The minimum Gasteiger partial charge on any atom is -0.481 e. The molecular weight excluding hydrogens is 196 g/mol. The van der Waals surface area contributed by atoms with Crippen molar-refractivity contribution in [1.29, 1.82) is 0 Å². The molecule has 0 rings (SSSR count). The maximum absolute atomic E-state index is 10.5. The van der Waals surface area contributed by atoms with Crippen molar-refractivity contribution in [2.24, 2.45) is 11.1 Å². The van der Waals surface area contributed by atoms with Crippen molar-refractivity contribution < 1.29 is 14.7 Å². The van der Waals surface area contributed by atoms with Gasteiger partial charge in [-0.3, -0.25) is 9.59 Å². The number of carboxylic acids is 1. The van der Waals surface area contributed by atoms with Crippen LogP contribution in [0.5, 0.6) is 0 Å². The van der Waals surface area contributed by atoms with Crippen molar-refractivity contribution in [1.82, 2.24) is 5.32 Å². The number of nitrogens with one attached hydrogen (secondary N) is 1. The van der Waals surface area contributed by atoms with Gasteiger partial charge in [0, 0.05) is 13.5 Å². The summed E-state index contributed by atoms with van der Waals surface area (Å²) in [5, 5.41) is 12.2. The topological polar surface area (TPSA) is 95.8 Å². The molecular formula is C6H10N2O4S. The molecule has 0 heterocycles. The summed E-state index contributed by atoms with van der Waals surface area (Å²) in [4.78, 5) is 31.0. The number of rotatable bonds is 5. The molecule has 13 heavy (non-hydrogen) atoms. The third-order valence-corrected chi connectivity index (χ3v) is 1.81. The largest absolute Gasteiger partial charge is 0.481 e. The Bertz CT molecular complexity index is 221. The Hall–Kier alpha value is -1.11. The van der Waals surface area contributed by atoms with Crippen LogP contribution >= 0.6 is 12.6 Å². The Morgan fingerprint density at radius 3 is 2.46 bits per heavy atom. The van der Waals surface area contributed by atoms with Gasteiger partial charge in [-0.2, -0.15) is 0 Å². The molecule has 0 aliphatic carbocycles. The predicted octanol–water partition coefficient (Wildman–Crippen LogP) is -0.154. The number of nitroso groups, excluding NO2 is 1. The highest BCUT2D eigenvalue weighted by molar-refractivity contribution is 7.81. The summed E-state index contributed by atoms with van der Waals surface area (Å²) in [7, 11) is 0. The Kier molecular flexibility index (Phi) is 5.05. The van der Waals surface area contributed by atoms with Crippen LogP contribution in [0.4, 0.5) is 0 Å². The van der Waals surface area contributed by atoms with Gasteiger partial charge in [0.2, 0.25) is 5.91 Å². The predicted molar refractivity (Wildman–Crippen MR) is 48.4 cm³/mol. The Morgan fingerprint density at radius 2 is 2.15 bits per heavy atom. The minimum atomic E-state index is -1.21. The molecule has 2 N–H and O–H groups in total. The van der Waals surface area contributed by atoms with Gasteiger partial charge in [0.1, 0.15) is 11.3 Å². The van der Waals surface area contributed by atoms with Crippen LogP contribution in [-0.4, -0.2) is 28.9 Å². The van der Waals surface area contributed by atoms with Crippen molar-refractivity contribution in [2.45, 2.75) is 12.3 Å². The van der Waals surface area contributed by atoms with Gasteiger partial charge >= 0.3 is 5.97 Å². The van der Waals surface area contributed by atoms with Crippen molar-refractivity contribution >= 4 is 24.5 Å². The van der Waals surface area contributed by atoms with Crippen LogP contribution in [0.2, 0.25) is 0 Å². The zero-order valence-corrected chi connectivity index (χ0v) is 7.82. The number of thiol groups is 1. The van der Waals surface area contributed by atoms with Crippen LogP contribution in [0.3, 0.4) is 0 Å². The van der Waals surface area contributed by atoms with Gasteiger partial charge in [0.05, 0.1) is 0 Å². The number of carboxylic acid groups (broad SMARTS) is 1. The number of hydrogen-bond donors (Lipinski definition) is 3. The van der Waals surface area contributed by atoms with E-state index in [0.29, 0.717) is 0 Å². The van der Waals surface area contributed by atoms with Crippen LogP contribution in [0.25, 0.3) is 0 Å². The van der Waals surface area contributed by atoms with E-state index in [1.54, 1.807) is 0 Å². The lowest BCUT2D eigenvalue weighted by Gasteiger charge is -2.12. The molecule has 1 amide bonds. The van der Waals surface area contributed by atoms with Crippen LogP contribution in [0.1, 0.15) is 6.92 Å². The van der Waals surface area contributed by atoms with Crippen LogP contribution < -0.4 is 5.32 Å². The normalized spacial score (nSPS) is 14.3. The second-order valence-electron chi connectivity index (χ2n) is 2.40. The first kappa shape index (κ1) is 11.9. The van der Waals surface area contributed by atoms with E-state index in [-0.39, 0.29) is 12.5 Å². The highest BCUT2D eigenvalue weighted by Gasteiger charge is 2.26.